The van der Waals surface area contributed by atoms with Crippen molar-refractivity contribution in [3.8, 4) is 5.75 Å². The second-order valence-corrected chi connectivity index (χ2v) is 8.41. The summed E-state index contributed by atoms with van der Waals surface area (Å²) < 4.78 is 5.16. The maximum Gasteiger partial charge on any atom is 0.273 e. The third kappa shape index (κ3) is 5.69. The molecule has 1 aliphatic rings. The van der Waals surface area contributed by atoms with Crippen LogP contribution in [0.1, 0.15) is 37.2 Å². The SMILES string of the molecule is COc1ccc(Nc2nc(C(=O)N3CCCC(CNC(=O)C(C)C)C3)cs2)cc1. The lowest BCUT2D eigenvalue weighted by Crippen LogP contribution is -2.44. The van der Waals surface area contributed by atoms with Gasteiger partial charge in [-0.3, -0.25) is 9.59 Å². The Bertz CT molecular complexity index is 835. The van der Waals surface area contributed by atoms with Crippen LogP contribution in [0.15, 0.2) is 29.6 Å². The van der Waals surface area contributed by atoms with Gasteiger partial charge < -0.3 is 20.3 Å². The molecule has 29 heavy (non-hydrogen) atoms. The highest BCUT2D eigenvalue weighted by Gasteiger charge is 2.26. The number of benzene rings is 1. The molecule has 0 bridgehead atoms. The number of nitrogens with one attached hydrogen (secondary N) is 2. The molecule has 1 fully saturated rings. The first-order valence-electron chi connectivity index (χ1n) is 9.90. The summed E-state index contributed by atoms with van der Waals surface area (Å²) >= 11 is 1.41. The number of nitrogens with zero attached hydrogens (tertiary/aromatic N) is 2. The van der Waals surface area contributed by atoms with E-state index < -0.39 is 0 Å². The summed E-state index contributed by atoms with van der Waals surface area (Å²) in [6.07, 6.45) is 1.96. The number of amides is 2. The summed E-state index contributed by atoms with van der Waals surface area (Å²) in [6, 6.07) is 7.55. The van der Waals surface area contributed by atoms with Crippen LogP contribution in [0.4, 0.5) is 10.8 Å². The lowest BCUT2D eigenvalue weighted by Gasteiger charge is -2.32. The van der Waals surface area contributed by atoms with Crippen LogP contribution in [0.5, 0.6) is 5.75 Å². The summed E-state index contributed by atoms with van der Waals surface area (Å²) in [4.78, 5) is 31.0. The average Bonchev–Trinajstić information content (AvgIpc) is 3.20. The highest BCUT2D eigenvalue weighted by atomic mass is 32.1. The Hall–Kier alpha value is -2.61. The first kappa shape index (κ1) is 21.1. The van der Waals surface area contributed by atoms with Crippen LogP contribution in [0, 0.1) is 11.8 Å². The number of methoxy groups -OCH3 is 1. The Balaban J connectivity index is 1.56. The maximum absolute atomic E-state index is 12.9. The molecule has 0 radical (unpaired) electrons. The fourth-order valence-corrected chi connectivity index (χ4v) is 3.96. The Morgan fingerprint density at radius 1 is 1.31 bits per heavy atom. The summed E-state index contributed by atoms with van der Waals surface area (Å²) in [5.41, 5.74) is 1.34. The van der Waals surface area contributed by atoms with Gasteiger partial charge in [-0.25, -0.2) is 4.98 Å². The van der Waals surface area contributed by atoms with Crippen LogP contribution >= 0.6 is 11.3 Å². The van der Waals surface area contributed by atoms with Crippen molar-refractivity contribution in [1.82, 2.24) is 15.2 Å². The first-order chi connectivity index (χ1) is 14.0. The van der Waals surface area contributed by atoms with Gasteiger partial charge in [0.1, 0.15) is 11.4 Å². The van der Waals surface area contributed by atoms with Crippen molar-refractivity contribution < 1.29 is 14.3 Å². The van der Waals surface area contributed by atoms with E-state index in [-0.39, 0.29) is 23.7 Å². The molecule has 2 heterocycles. The van der Waals surface area contributed by atoms with Crippen molar-refractivity contribution in [2.24, 2.45) is 11.8 Å². The van der Waals surface area contributed by atoms with Crippen molar-refractivity contribution in [2.75, 3.05) is 32.1 Å². The van der Waals surface area contributed by atoms with E-state index in [0.717, 1.165) is 30.8 Å². The van der Waals surface area contributed by atoms with Crippen LogP contribution in [0.3, 0.4) is 0 Å². The lowest BCUT2D eigenvalue weighted by atomic mass is 9.97. The Kier molecular flexibility index (Phi) is 7.09. The Labute approximate surface area is 175 Å². The van der Waals surface area contributed by atoms with E-state index in [2.05, 4.69) is 15.6 Å². The number of hydrogen-bond donors (Lipinski definition) is 2. The van der Waals surface area contributed by atoms with Crippen LogP contribution in [0.2, 0.25) is 0 Å². The van der Waals surface area contributed by atoms with Crippen LogP contribution in [-0.4, -0.2) is 48.4 Å². The second kappa shape index (κ2) is 9.73. The van der Waals surface area contributed by atoms with Crippen LogP contribution in [-0.2, 0) is 4.79 Å². The predicted molar refractivity (Wildman–Crippen MR) is 115 cm³/mol. The molecule has 8 heteroatoms. The number of aromatic nitrogens is 1. The third-order valence-electron chi connectivity index (χ3n) is 4.96. The van der Waals surface area contributed by atoms with Gasteiger partial charge in [0.25, 0.3) is 5.91 Å². The zero-order valence-corrected chi connectivity index (χ0v) is 17.9. The van der Waals surface area contributed by atoms with E-state index >= 15 is 0 Å². The number of carbonyl (C=O) groups excluding carboxylic acids is 2. The van der Waals surface area contributed by atoms with Gasteiger partial charge in [-0.15, -0.1) is 11.3 Å². The molecule has 2 aromatic rings. The van der Waals surface area contributed by atoms with E-state index in [1.54, 1.807) is 12.5 Å². The molecule has 1 saturated heterocycles. The zero-order valence-electron chi connectivity index (χ0n) is 17.1. The molecular weight excluding hydrogens is 388 g/mol. The minimum Gasteiger partial charge on any atom is -0.497 e. The van der Waals surface area contributed by atoms with E-state index in [9.17, 15) is 9.59 Å². The van der Waals surface area contributed by atoms with Crippen molar-refractivity contribution >= 4 is 34.0 Å². The van der Waals surface area contributed by atoms with Gasteiger partial charge in [0, 0.05) is 36.6 Å². The molecule has 2 amide bonds. The molecule has 0 aliphatic carbocycles. The quantitative estimate of drug-likeness (QED) is 0.722. The van der Waals surface area contributed by atoms with Gasteiger partial charge in [0.2, 0.25) is 5.91 Å². The largest absolute Gasteiger partial charge is 0.497 e. The van der Waals surface area contributed by atoms with E-state index in [1.165, 1.54) is 11.3 Å². The van der Waals surface area contributed by atoms with Gasteiger partial charge in [-0.2, -0.15) is 0 Å². The van der Waals surface area contributed by atoms with Crippen molar-refractivity contribution in [1.29, 1.82) is 0 Å². The maximum atomic E-state index is 12.9. The number of anilines is 2. The van der Waals surface area contributed by atoms with Gasteiger partial charge in [-0.1, -0.05) is 13.8 Å². The second-order valence-electron chi connectivity index (χ2n) is 7.55. The molecule has 1 aromatic carbocycles. The van der Waals surface area contributed by atoms with Crippen molar-refractivity contribution in [3.05, 3.63) is 35.3 Å². The lowest BCUT2D eigenvalue weighted by molar-refractivity contribution is -0.124. The normalized spacial score (nSPS) is 16.6. The number of rotatable bonds is 7. The molecule has 7 nitrogen and oxygen atoms in total. The fourth-order valence-electron chi connectivity index (χ4n) is 3.25. The molecule has 156 valence electrons. The smallest absolute Gasteiger partial charge is 0.273 e. The highest BCUT2D eigenvalue weighted by molar-refractivity contribution is 7.14. The number of likely N-dealkylation sites (tertiary alicyclic amines) is 1. The molecule has 1 atom stereocenters. The topological polar surface area (TPSA) is 83.6 Å². The molecule has 0 saturated carbocycles. The Morgan fingerprint density at radius 3 is 2.76 bits per heavy atom. The zero-order chi connectivity index (χ0) is 20.8. The number of hydrogen-bond acceptors (Lipinski definition) is 6. The first-order valence-corrected chi connectivity index (χ1v) is 10.8. The number of piperidine rings is 1. The summed E-state index contributed by atoms with van der Waals surface area (Å²) in [5.74, 6) is 1.05. The van der Waals surface area contributed by atoms with E-state index in [1.807, 2.05) is 43.0 Å². The average molecular weight is 417 g/mol. The Morgan fingerprint density at radius 2 is 2.07 bits per heavy atom. The molecule has 0 spiro atoms. The summed E-state index contributed by atoms with van der Waals surface area (Å²) in [5, 5.41) is 8.67. The molecule has 1 aliphatic heterocycles. The summed E-state index contributed by atoms with van der Waals surface area (Å²) in [7, 11) is 1.63. The van der Waals surface area contributed by atoms with Crippen molar-refractivity contribution in [3.63, 3.8) is 0 Å². The predicted octanol–water partition coefficient (Wildman–Crippen LogP) is 3.52. The number of carbonyl (C=O) groups is 2. The highest BCUT2D eigenvalue weighted by Crippen LogP contribution is 2.24. The van der Waals surface area contributed by atoms with Gasteiger partial charge >= 0.3 is 0 Å². The van der Waals surface area contributed by atoms with Crippen LogP contribution < -0.4 is 15.4 Å². The number of ether oxygens (including phenoxy) is 1. The monoisotopic (exact) mass is 416 g/mol. The van der Waals surface area contributed by atoms with Crippen LogP contribution in [0.25, 0.3) is 0 Å². The number of thiazole rings is 1. The fraction of sp³-hybridized carbons (Fsp3) is 0.476. The van der Waals surface area contributed by atoms with E-state index in [0.29, 0.717) is 23.9 Å². The standard InChI is InChI=1S/C21H28N4O3S/c1-14(2)19(26)22-11-15-5-4-10-25(12-15)20(27)18-13-29-21(24-18)23-16-6-8-17(28-3)9-7-16/h6-9,13-15H,4-5,10-12H2,1-3H3,(H,22,26)(H,23,24). The molecular formula is C21H28N4O3S. The van der Waals surface area contributed by atoms with Gasteiger partial charge in [-0.05, 0) is 43.0 Å². The van der Waals surface area contributed by atoms with Crippen molar-refractivity contribution in [2.45, 2.75) is 26.7 Å². The summed E-state index contributed by atoms with van der Waals surface area (Å²) in [6.45, 7) is 5.75. The third-order valence-corrected chi connectivity index (χ3v) is 5.72. The minimum atomic E-state index is -0.0519. The molecule has 1 unspecified atom stereocenters. The van der Waals surface area contributed by atoms with E-state index in [4.69, 9.17) is 4.74 Å². The molecule has 2 N–H and O–H groups in total. The van der Waals surface area contributed by atoms with Gasteiger partial charge in [0.05, 0.1) is 7.11 Å². The molecule has 3 rings (SSSR count). The minimum absolute atomic E-state index is 0.0250. The molecule has 1 aromatic heterocycles. The van der Waals surface area contributed by atoms with Gasteiger partial charge in [0.15, 0.2) is 5.13 Å².